The van der Waals surface area contributed by atoms with Gasteiger partial charge in [-0.1, -0.05) is 41.1 Å². The second-order valence-corrected chi connectivity index (χ2v) is 11.3. The molecule has 7 nitrogen and oxygen atoms in total. The SMILES string of the molecule is Cc1nnn(C)c1-c1cnc2c3ccc(C(C)(C)O)cc3n(C(c3ccc(Cl)cc3)C3CCOCC3)c2c1. The smallest absolute Gasteiger partial charge is 0.0960 e. The summed E-state index contributed by atoms with van der Waals surface area (Å²) in [7, 11) is 1.91. The minimum Gasteiger partial charge on any atom is -0.386 e. The molecule has 8 heteroatoms. The molecule has 0 spiro atoms. The topological polar surface area (TPSA) is 78.0 Å². The molecule has 3 aromatic heterocycles. The van der Waals surface area contributed by atoms with Crippen LogP contribution in [0.3, 0.4) is 0 Å². The lowest BCUT2D eigenvalue weighted by Crippen LogP contribution is -2.27. The molecule has 6 rings (SSSR count). The van der Waals surface area contributed by atoms with Crippen LogP contribution in [0.15, 0.2) is 54.7 Å². The maximum atomic E-state index is 10.9. The fourth-order valence-electron chi connectivity index (χ4n) is 5.89. The number of hydrogen-bond donors (Lipinski definition) is 1. The van der Waals surface area contributed by atoms with E-state index in [1.165, 1.54) is 5.56 Å². The van der Waals surface area contributed by atoms with Gasteiger partial charge in [0.25, 0.3) is 0 Å². The van der Waals surface area contributed by atoms with Gasteiger partial charge in [0.1, 0.15) is 0 Å². The standard InChI is InChI=1S/C30H32ClN5O2/c1-18-28(35(4)34-33-18)21-15-26-27(32-17-21)24-10-7-22(30(2,3)37)16-25(24)36(26)29(20-11-13-38-14-12-20)19-5-8-23(31)9-6-19/h5-10,15-17,20,29,37H,11-14H2,1-4H3. The fourth-order valence-corrected chi connectivity index (χ4v) is 6.02. The van der Waals surface area contributed by atoms with Crippen LogP contribution in [-0.4, -0.2) is 42.9 Å². The summed E-state index contributed by atoms with van der Waals surface area (Å²) in [6.07, 6.45) is 3.82. The predicted octanol–water partition coefficient (Wildman–Crippen LogP) is 6.19. The first-order valence-electron chi connectivity index (χ1n) is 13.1. The monoisotopic (exact) mass is 529 g/mol. The molecular weight excluding hydrogens is 498 g/mol. The summed E-state index contributed by atoms with van der Waals surface area (Å²) in [5.41, 5.74) is 6.89. The van der Waals surface area contributed by atoms with Crippen molar-refractivity contribution in [3.05, 3.63) is 76.6 Å². The number of benzene rings is 2. The summed E-state index contributed by atoms with van der Waals surface area (Å²) < 4.78 is 9.99. The zero-order valence-corrected chi connectivity index (χ0v) is 22.9. The van der Waals surface area contributed by atoms with Crippen molar-refractivity contribution >= 4 is 33.5 Å². The van der Waals surface area contributed by atoms with Crippen molar-refractivity contribution in [1.82, 2.24) is 24.5 Å². The van der Waals surface area contributed by atoms with Crippen LogP contribution in [0.1, 0.15) is 49.6 Å². The molecule has 0 aliphatic carbocycles. The van der Waals surface area contributed by atoms with E-state index in [1.54, 1.807) is 4.68 Å². The van der Waals surface area contributed by atoms with Crippen molar-refractivity contribution in [2.24, 2.45) is 13.0 Å². The molecule has 0 radical (unpaired) electrons. The maximum absolute atomic E-state index is 10.9. The Morgan fingerprint density at radius 1 is 1.05 bits per heavy atom. The molecule has 1 saturated heterocycles. The van der Waals surface area contributed by atoms with E-state index in [0.29, 0.717) is 10.9 Å². The third-order valence-electron chi connectivity index (χ3n) is 7.82. The van der Waals surface area contributed by atoms with Crippen LogP contribution in [0.5, 0.6) is 0 Å². The highest BCUT2D eigenvalue weighted by atomic mass is 35.5. The summed E-state index contributed by atoms with van der Waals surface area (Å²) in [5.74, 6) is 0.360. The molecule has 1 atom stereocenters. The second kappa shape index (κ2) is 9.49. The number of nitrogens with zero attached hydrogens (tertiary/aromatic N) is 5. The number of hydrogen-bond acceptors (Lipinski definition) is 5. The number of halogens is 1. The number of pyridine rings is 1. The highest BCUT2D eigenvalue weighted by Crippen LogP contribution is 2.42. The van der Waals surface area contributed by atoms with E-state index < -0.39 is 5.60 Å². The van der Waals surface area contributed by atoms with Crippen molar-refractivity contribution in [2.45, 2.75) is 45.3 Å². The average Bonchev–Trinajstić information content (AvgIpc) is 3.41. The molecule has 0 bridgehead atoms. The van der Waals surface area contributed by atoms with E-state index in [4.69, 9.17) is 21.3 Å². The lowest BCUT2D eigenvalue weighted by Gasteiger charge is -2.33. The minimum absolute atomic E-state index is 0.0380. The zero-order valence-electron chi connectivity index (χ0n) is 22.1. The minimum atomic E-state index is -0.972. The Kier molecular flexibility index (Phi) is 6.25. The highest BCUT2D eigenvalue weighted by Gasteiger charge is 2.31. The van der Waals surface area contributed by atoms with Crippen molar-refractivity contribution in [3.63, 3.8) is 0 Å². The summed E-state index contributed by atoms with van der Waals surface area (Å²) in [6.45, 7) is 7.10. The van der Waals surface area contributed by atoms with E-state index in [1.807, 2.05) is 52.2 Å². The first-order chi connectivity index (χ1) is 18.2. The van der Waals surface area contributed by atoms with Crippen molar-refractivity contribution in [3.8, 4) is 11.3 Å². The molecule has 1 aliphatic heterocycles. The van der Waals surface area contributed by atoms with E-state index in [2.05, 4.69) is 45.2 Å². The van der Waals surface area contributed by atoms with Gasteiger partial charge in [-0.3, -0.25) is 4.98 Å². The second-order valence-electron chi connectivity index (χ2n) is 10.8. The van der Waals surface area contributed by atoms with Gasteiger partial charge in [0.2, 0.25) is 0 Å². The Morgan fingerprint density at radius 2 is 1.79 bits per heavy atom. The van der Waals surface area contributed by atoms with Crippen LogP contribution in [0, 0.1) is 12.8 Å². The third kappa shape index (κ3) is 4.28. The Balaban J connectivity index is 1.69. The van der Waals surface area contributed by atoms with Crippen LogP contribution in [0.25, 0.3) is 33.2 Å². The van der Waals surface area contributed by atoms with E-state index in [0.717, 1.165) is 70.5 Å². The lowest BCUT2D eigenvalue weighted by molar-refractivity contribution is 0.0552. The van der Waals surface area contributed by atoms with Gasteiger partial charge in [0.05, 0.1) is 39.6 Å². The summed E-state index contributed by atoms with van der Waals surface area (Å²) in [4.78, 5) is 5.00. The average molecular weight is 530 g/mol. The largest absolute Gasteiger partial charge is 0.386 e. The number of ether oxygens (including phenoxy) is 1. The highest BCUT2D eigenvalue weighted by molar-refractivity contribution is 6.30. The Morgan fingerprint density at radius 3 is 2.45 bits per heavy atom. The Bertz CT molecular complexity index is 1610. The zero-order chi connectivity index (χ0) is 26.6. The summed E-state index contributed by atoms with van der Waals surface area (Å²) in [6, 6.07) is 16.7. The quantitative estimate of drug-likeness (QED) is 0.294. The van der Waals surface area contributed by atoms with Gasteiger partial charge in [-0.05, 0) is 74.9 Å². The number of rotatable bonds is 5. The van der Waals surface area contributed by atoms with Crippen LogP contribution in [-0.2, 0) is 17.4 Å². The molecule has 2 aromatic carbocycles. The first-order valence-corrected chi connectivity index (χ1v) is 13.5. The van der Waals surface area contributed by atoms with E-state index in [-0.39, 0.29) is 6.04 Å². The molecule has 1 N–H and O–H groups in total. The van der Waals surface area contributed by atoms with Crippen LogP contribution < -0.4 is 0 Å². The molecule has 0 amide bonds. The molecule has 1 aliphatic rings. The molecular formula is C30H32ClN5O2. The molecule has 196 valence electrons. The number of aliphatic hydroxyl groups is 1. The maximum Gasteiger partial charge on any atom is 0.0960 e. The van der Waals surface area contributed by atoms with Crippen molar-refractivity contribution in [2.75, 3.05) is 13.2 Å². The van der Waals surface area contributed by atoms with E-state index in [9.17, 15) is 5.11 Å². The van der Waals surface area contributed by atoms with Gasteiger partial charge < -0.3 is 14.4 Å². The predicted molar refractivity (Wildman–Crippen MR) is 150 cm³/mol. The first kappa shape index (κ1) is 25.0. The lowest BCUT2D eigenvalue weighted by atomic mass is 9.86. The van der Waals surface area contributed by atoms with Crippen molar-refractivity contribution in [1.29, 1.82) is 0 Å². The van der Waals surface area contributed by atoms with Gasteiger partial charge in [-0.25, -0.2) is 4.68 Å². The fraction of sp³-hybridized carbons (Fsp3) is 0.367. The Hall–Kier alpha value is -3.26. The number of aromatic nitrogens is 5. The van der Waals surface area contributed by atoms with Crippen LogP contribution >= 0.6 is 11.6 Å². The molecule has 0 saturated carbocycles. The van der Waals surface area contributed by atoms with Gasteiger partial charge in [-0.15, -0.1) is 5.10 Å². The Labute approximate surface area is 227 Å². The van der Waals surface area contributed by atoms with Crippen molar-refractivity contribution < 1.29 is 9.84 Å². The van der Waals surface area contributed by atoms with Gasteiger partial charge in [0, 0.05) is 42.4 Å². The van der Waals surface area contributed by atoms with Crippen LogP contribution in [0.2, 0.25) is 5.02 Å². The number of fused-ring (bicyclic) bond motifs is 3. The summed E-state index contributed by atoms with van der Waals surface area (Å²) in [5, 5.41) is 21.2. The third-order valence-corrected chi connectivity index (χ3v) is 8.07. The van der Waals surface area contributed by atoms with Gasteiger partial charge in [-0.2, -0.15) is 0 Å². The molecule has 1 unspecified atom stereocenters. The molecule has 4 heterocycles. The van der Waals surface area contributed by atoms with E-state index >= 15 is 0 Å². The van der Waals surface area contributed by atoms with Crippen LogP contribution in [0.4, 0.5) is 0 Å². The number of aryl methyl sites for hydroxylation is 2. The van der Waals surface area contributed by atoms with Gasteiger partial charge in [0.15, 0.2) is 0 Å². The van der Waals surface area contributed by atoms with Gasteiger partial charge >= 0.3 is 0 Å². The normalized spacial score (nSPS) is 15.9. The molecule has 38 heavy (non-hydrogen) atoms. The molecule has 1 fully saturated rings. The summed E-state index contributed by atoms with van der Waals surface area (Å²) >= 11 is 6.32. The molecule has 5 aromatic rings.